The molecular formula is C15H30O. The van der Waals surface area contributed by atoms with Gasteiger partial charge in [-0.05, 0) is 37.5 Å². The first kappa shape index (κ1) is 14.0. The Morgan fingerprint density at radius 1 is 1.25 bits per heavy atom. The van der Waals surface area contributed by atoms with Crippen molar-refractivity contribution in [3.63, 3.8) is 0 Å². The van der Waals surface area contributed by atoms with Gasteiger partial charge in [0, 0.05) is 0 Å². The minimum atomic E-state index is -0.321. The van der Waals surface area contributed by atoms with E-state index in [4.69, 9.17) is 0 Å². The fourth-order valence-electron chi connectivity index (χ4n) is 2.96. The van der Waals surface area contributed by atoms with E-state index in [1.54, 1.807) is 0 Å². The van der Waals surface area contributed by atoms with E-state index in [0.717, 1.165) is 31.1 Å². The van der Waals surface area contributed by atoms with E-state index >= 15 is 0 Å². The molecule has 0 aromatic carbocycles. The van der Waals surface area contributed by atoms with Crippen LogP contribution >= 0.6 is 0 Å². The molecular weight excluding hydrogens is 196 g/mol. The zero-order valence-corrected chi connectivity index (χ0v) is 11.5. The second kappa shape index (κ2) is 6.64. The maximum atomic E-state index is 10.6. The standard InChI is InChI=1S/C15H30O/c1-4-14-8-6-11-15(16,12-9-14)10-5-7-13(2)3/h13-14,16H,4-12H2,1-3H3. The molecule has 1 N–H and O–H groups in total. The molecule has 0 amide bonds. The van der Waals surface area contributed by atoms with Crippen LogP contribution in [0, 0.1) is 11.8 Å². The number of hydrogen-bond acceptors (Lipinski definition) is 1. The summed E-state index contributed by atoms with van der Waals surface area (Å²) in [5.74, 6) is 1.65. The molecule has 0 spiro atoms. The maximum Gasteiger partial charge on any atom is 0.0648 e. The highest BCUT2D eigenvalue weighted by Crippen LogP contribution is 2.35. The highest BCUT2D eigenvalue weighted by atomic mass is 16.3. The molecule has 1 aliphatic rings. The molecule has 0 aliphatic heterocycles. The maximum absolute atomic E-state index is 10.6. The molecule has 0 saturated heterocycles. The van der Waals surface area contributed by atoms with Crippen molar-refractivity contribution in [1.82, 2.24) is 0 Å². The Labute approximate surface area is 102 Å². The molecule has 1 heteroatoms. The second-order valence-electron chi connectivity index (χ2n) is 6.22. The van der Waals surface area contributed by atoms with Gasteiger partial charge in [0.1, 0.15) is 0 Å². The van der Waals surface area contributed by atoms with E-state index in [1.165, 1.54) is 38.5 Å². The van der Waals surface area contributed by atoms with Crippen LogP contribution in [0.2, 0.25) is 0 Å². The van der Waals surface area contributed by atoms with Gasteiger partial charge in [-0.1, -0.05) is 52.9 Å². The lowest BCUT2D eigenvalue weighted by molar-refractivity contribution is 0.0124. The molecule has 16 heavy (non-hydrogen) atoms. The summed E-state index contributed by atoms with van der Waals surface area (Å²) in [6.45, 7) is 6.82. The Morgan fingerprint density at radius 3 is 2.62 bits per heavy atom. The third-order valence-electron chi connectivity index (χ3n) is 4.27. The predicted octanol–water partition coefficient (Wildman–Crippen LogP) is 4.53. The SMILES string of the molecule is CCC1CCCC(O)(CCCC(C)C)CC1. The summed E-state index contributed by atoms with van der Waals surface area (Å²) in [5, 5.41) is 10.6. The van der Waals surface area contributed by atoms with Gasteiger partial charge in [0.2, 0.25) is 0 Å². The molecule has 0 aromatic heterocycles. The van der Waals surface area contributed by atoms with Crippen molar-refractivity contribution in [3.8, 4) is 0 Å². The Morgan fingerprint density at radius 2 is 2.00 bits per heavy atom. The van der Waals surface area contributed by atoms with E-state index < -0.39 is 0 Å². The Kier molecular flexibility index (Phi) is 5.82. The molecule has 0 heterocycles. The molecule has 1 aliphatic carbocycles. The summed E-state index contributed by atoms with van der Waals surface area (Å²) >= 11 is 0. The Balaban J connectivity index is 2.32. The van der Waals surface area contributed by atoms with Gasteiger partial charge in [-0.2, -0.15) is 0 Å². The predicted molar refractivity (Wildman–Crippen MR) is 70.5 cm³/mol. The first-order valence-corrected chi connectivity index (χ1v) is 7.28. The molecule has 0 bridgehead atoms. The van der Waals surface area contributed by atoms with Crippen molar-refractivity contribution < 1.29 is 5.11 Å². The second-order valence-corrected chi connectivity index (χ2v) is 6.22. The lowest BCUT2D eigenvalue weighted by atomic mass is 9.87. The fourth-order valence-corrected chi connectivity index (χ4v) is 2.96. The van der Waals surface area contributed by atoms with Gasteiger partial charge in [0.25, 0.3) is 0 Å². The van der Waals surface area contributed by atoms with Crippen LogP contribution in [0.5, 0.6) is 0 Å². The van der Waals surface area contributed by atoms with Gasteiger partial charge in [-0.15, -0.1) is 0 Å². The highest BCUT2D eigenvalue weighted by molar-refractivity contribution is 4.83. The Hall–Kier alpha value is -0.0400. The van der Waals surface area contributed by atoms with Crippen LogP contribution in [-0.2, 0) is 0 Å². The zero-order valence-electron chi connectivity index (χ0n) is 11.5. The van der Waals surface area contributed by atoms with Crippen molar-refractivity contribution in [3.05, 3.63) is 0 Å². The third-order valence-corrected chi connectivity index (χ3v) is 4.27. The number of aliphatic hydroxyl groups is 1. The van der Waals surface area contributed by atoms with Crippen LogP contribution in [0.25, 0.3) is 0 Å². The lowest BCUT2D eigenvalue weighted by Gasteiger charge is -2.27. The number of rotatable bonds is 5. The molecule has 2 atom stereocenters. The van der Waals surface area contributed by atoms with Crippen molar-refractivity contribution in [2.24, 2.45) is 11.8 Å². The molecule has 96 valence electrons. The minimum absolute atomic E-state index is 0.321. The summed E-state index contributed by atoms with van der Waals surface area (Å²) in [7, 11) is 0. The van der Waals surface area contributed by atoms with Crippen LogP contribution in [0.1, 0.15) is 78.6 Å². The van der Waals surface area contributed by atoms with Gasteiger partial charge in [0.05, 0.1) is 5.60 Å². The van der Waals surface area contributed by atoms with Crippen molar-refractivity contribution in [1.29, 1.82) is 0 Å². The normalized spacial score (nSPS) is 31.7. The average Bonchev–Trinajstić information content (AvgIpc) is 2.40. The number of hydrogen-bond donors (Lipinski definition) is 1. The van der Waals surface area contributed by atoms with Gasteiger partial charge in [-0.3, -0.25) is 0 Å². The largest absolute Gasteiger partial charge is 0.390 e. The summed E-state index contributed by atoms with van der Waals surface area (Å²) in [4.78, 5) is 0. The third kappa shape index (κ3) is 4.86. The van der Waals surface area contributed by atoms with Gasteiger partial charge in [-0.25, -0.2) is 0 Å². The van der Waals surface area contributed by atoms with Gasteiger partial charge < -0.3 is 5.11 Å². The molecule has 0 aromatic rings. The van der Waals surface area contributed by atoms with Gasteiger partial charge >= 0.3 is 0 Å². The quantitative estimate of drug-likeness (QED) is 0.683. The summed E-state index contributed by atoms with van der Waals surface area (Å²) in [6.07, 6.45) is 10.7. The average molecular weight is 226 g/mol. The molecule has 1 nitrogen and oxygen atoms in total. The van der Waals surface area contributed by atoms with Crippen LogP contribution in [0.3, 0.4) is 0 Å². The van der Waals surface area contributed by atoms with E-state index in [9.17, 15) is 5.11 Å². The van der Waals surface area contributed by atoms with Crippen molar-refractivity contribution in [2.75, 3.05) is 0 Å². The van der Waals surface area contributed by atoms with E-state index in [-0.39, 0.29) is 5.60 Å². The van der Waals surface area contributed by atoms with E-state index in [0.29, 0.717) is 0 Å². The monoisotopic (exact) mass is 226 g/mol. The Bertz CT molecular complexity index is 188. The molecule has 1 saturated carbocycles. The van der Waals surface area contributed by atoms with Crippen LogP contribution in [-0.4, -0.2) is 10.7 Å². The van der Waals surface area contributed by atoms with Crippen molar-refractivity contribution >= 4 is 0 Å². The van der Waals surface area contributed by atoms with Crippen LogP contribution < -0.4 is 0 Å². The minimum Gasteiger partial charge on any atom is -0.390 e. The lowest BCUT2D eigenvalue weighted by Crippen LogP contribution is -2.27. The highest BCUT2D eigenvalue weighted by Gasteiger charge is 2.29. The van der Waals surface area contributed by atoms with Gasteiger partial charge in [0.15, 0.2) is 0 Å². The first-order chi connectivity index (χ1) is 7.56. The fraction of sp³-hybridized carbons (Fsp3) is 1.00. The summed E-state index contributed by atoms with van der Waals surface area (Å²) in [5.41, 5.74) is -0.321. The van der Waals surface area contributed by atoms with Crippen LogP contribution in [0.4, 0.5) is 0 Å². The van der Waals surface area contributed by atoms with Crippen LogP contribution in [0.15, 0.2) is 0 Å². The molecule has 0 radical (unpaired) electrons. The summed E-state index contributed by atoms with van der Waals surface area (Å²) in [6, 6.07) is 0. The molecule has 2 unspecified atom stereocenters. The molecule has 1 rings (SSSR count). The first-order valence-electron chi connectivity index (χ1n) is 7.28. The topological polar surface area (TPSA) is 20.2 Å². The van der Waals surface area contributed by atoms with Crippen molar-refractivity contribution in [2.45, 2.75) is 84.2 Å². The van der Waals surface area contributed by atoms with E-state index in [2.05, 4.69) is 20.8 Å². The summed E-state index contributed by atoms with van der Waals surface area (Å²) < 4.78 is 0. The molecule has 1 fully saturated rings. The zero-order chi connectivity index (χ0) is 12.0. The smallest absolute Gasteiger partial charge is 0.0648 e. The van der Waals surface area contributed by atoms with E-state index in [1.807, 2.05) is 0 Å².